The lowest BCUT2D eigenvalue weighted by Crippen LogP contribution is -2.33. The van der Waals surface area contributed by atoms with Crippen molar-refractivity contribution in [2.45, 2.75) is 20.0 Å². The maximum absolute atomic E-state index is 12.0. The number of hydrogen-bond acceptors (Lipinski definition) is 4. The van der Waals surface area contributed by atoms with E-state index < -0.39 is 6.10 Å². The minimum absolute atomic E-state index is 0.354. The maximum atomic E-state index is 12.0. The van der Waals surface area contributed by atoms with Crippen molar-refractivity contribution in [1.82, 2.24) is 5.43 Å². The van der Waals surface area contributed by atoms with Crippen molar-refractivity contribution >= 4 is 18.2 Å². The normalized spacial score (nSPS) is 12.4. The van der Waals surface area contributed by atoms with E-state index in [4.69, 9.17) is 10.00 Å². The fraction of sp³-hybridized carbons (Fsp3) is 0.150. The van der Waals surface area contributed by atoms with E-state index in [1.165, 1.54) is 0 Å². The molecule has 2 aromatic rings. The van der Waals surface area contributed by atoms with Gasteiger partial charge in [0.15, 0.2) is 6.10 Å². The number of ether oxygens (including phenoxy) is 1. The number of hydrazone groups is 1. The summed E-state index contributed by atoms with van der Waals surface area (Å²) in [5, 5.41) is 12.7. The fourth-order valence-electron chi connectivity index (χ4n) is 2.00. The summed E-state index contributed by atoms with van der Waals surface area (Å²) in [5.41, 5.74) is 4.97. The summed E-state index contributed by atoms with van der Waals surface area (Å²) in [6.07, 6.45) is 2.84. The Balaban J connectivity index is 1.86. The highest BCUT2D eigenvalue weighted by Gasteiger charge is 2.13. The van der Waals surface area contributed by atoms with Gasteiger partial charge in [-0.2, -0.15) is 10.4 Å². The standard InChI is InChI=1S/C20H19N3O2/c1-15(12-17-6-4-3-5-7-17)14-22-23-20(24)16(2)25-19-10-8-18(13-21)9-11-19/h3-12,14,16H,1-2H3,(H,23,24). The van der Waals surface area contributed by atoms with Crippen molar-refractivity contribution in [3.63, 3.8) is 0 Å². The molecular formula is C20H19N3O2. The second-order valence-corrected chi connectivity index (χ2v) is 5.43. The molecule has 1 unspecified atom stereocenters. The van der Waals surface area contributed by atoms with Crippen LogP contribution in [0.5, 0.6) is 5.75 Å². The van der Waals surface area contributed by atoms with Crippen molar-refractivity contribution in [3.8, 4) is 11.8 Å². The molecule has 25 heavy (non-hydrogen) atoms. The third-order valence-electron chi connectivity index (χ3n) is 3.30. The second kappa shape index (κ2) is 9.04. The van der Waals surface area contributed by atoms with Crippen molar-refractivity contribution in [3.05, 3.63) is 71.3 Å². The van der Waals surface area contributed by atoms with E-state index in [9.17, 15) is 4.79 Å². The molecular weight excluding hydrogens is 314 g/mol. The number of amides is 1. The molecule has 0 aromatic heterocycles. The van der Waals surface area contributed by atoms with Crippen LogP contribution in [0, 0.1) is 11.3 Å². The van der Waals surface area contributed by atoms with Gasteiger partial charge in [0.05, 0.1) is 17.8 Å². The van der Waals surface area contributed by atoms with E-state index >= 15 is 0 Å². The number of rotatable bonds is 6. The first-order valence-corrected chi connectivity index (χ1v) is 7.81. The Labute approximate surface area is 147 Å². The zero-order chi connectivity index (χ0) is 18.1. The van der Waals surface area contributed by atoms with Gasteiger partial charge in [-0.1, -0.05) is 36.4 Å². The molecule has 0 saturated carbocycles. The topological polar surface area (TPSA) is 74.5 Å². The van der Waals surface area contributed by atoms with Crippen LogP contribution in [0.2, 0.25) is 0 Å². The largest absolute Gasteiger partial charge is 0.481 e. The molecule has 0 saturated heterocycles. The van der Waals surface area contributed by atoms with E-state index in [0.29, 0.717) is 11.3 Å². The molecule has 2 aromatic carbocycles. The SMILES string of the molecule is CC(C=NNC(=O)C(C)Oc1ccc(C#N)cc1)=Cc1ccccc1. The van der Waals surface area contributed by atoms with Gasteiger partial charge in [-0.25, -0.2) is 5.43 Å². The van der Waals surface area contributed by atoms with Crippen LogP contribution in [0.15, 0.2) is 65.3 Å². The van der Waals surface area contributed by atoms with Crippen molar-refractivity contribution in [2.24, 2.45) is 5.10 Å². The first-order valence-electron chi connectivity index (χ1n) is 7.81. The zero-order valence-electron chi connectivity index (χ0n) is 14.1. The Hall–Kier alpha value is -3.39. The number of carbonyl (C=O) groups excluding carboxylic acids is 1. The molecule has 0 heterocycles. The van der Waals surface area contributed by atoms with E-state index in [1.54, 1.807) is 37.4 Å². The number of allylic oxidation sites excluding steroid dienone is 1. The van der Waals surface area contributed by atoms with Gasteiger partial charge in [-0.05, 0) is 49.2 Å². The quantitative estimate of drug-likeness (QED) is 0.649. The molecule has 5 nitrogen and oxygen atoms in total. The number of hydrogen-bond donors (Lipinski definition) is 1. The maximum Gasteiger partial charge on any atom is 0.280 e. The second-order valence-electron chi connectivity index (χ2n) is 5.43. The van der Waals surface area contributed by atoms with E-state index in [2.05, 4.69) is 10.5 Å². The molecule has 0 aliphatic carbocycles. The Morgan fingerprint density at radius 3 is 2.52 bits per heavy atom. The number of carbonyl (C=O) groups is 1. The lowest BCUT2D eigenvalue weighted by molar-refractivity contribution is -0.127. The molecule has 1 N–H and O–H groups in total. The molecule has 0 bridgehead atoms. The lowest BCUT2D eigenvalue weighted by atomic mass is 10.1. The summed E-state index contributed by atoms with van der Waals surface area (Å²) < 4.78 is 5.52. The number of nitriles is 1. The molecule has 1 atom stereocenters. The summed E-state index contributed by atoms with van der Waals surface area (Å²) in [4.78, 5) is 12.0. The zero-order valence-corrected chi connectivity index (χ0v) is 14.1. The Morgan fingerprint density at radius 1 is 1.20 bits per heavy atom. The summed E-state index contributed by atoms with van der Waals surface area (Å²) in [6, 6.07) is 18.4. The monoisotopic (exact) mass is 333 g/mol. The highest BCUT2D eigenvalue weighted by molar-refractivity contribution is 5.87. The highest BCUT2D eigenvalue weighted by atomic mass is 16.5. The van der Waals surface area contributed by atoms with Gasteiger partial charge < -0.3 is 4.74 Å². The molecule has 2 rings (SSSR count). The van der Waals surface area contributed by atoms with Crippen molar-refractivity contribution in [2.75, 3.05) is 0 Å². The molecule has 0 radical (unpaired) electrons. The predicted octanol–water partition coefficient (Wildman–Crippen LogP) is 3.53. The molecule has 0 spiro atoms. The van der Waals surface area contributed by atoms with Crippen LogP contribution >= 0.6 is 0 Å². The highest BCUT2D eigenvalue weighted by Crippen LogP contribution is 2.13. The number of nitrogens with zero attached hydrogens (tertiary/aromatic N) is 2. The van der Waals surface area contributed by atoms with Gasteiger partial charge in [0.25, 0.3) is 5.91 Å². The van der Waals surface area contributed by atoms with Crippen LogP contribution in [0.1, 0.15) is 25.0 Å². The van der Waals surface area contributed by atoms with Crippen LogP contribution < -0.4 is 10.2 Å². The third-order valence-corrected chi connectivity index (χ3v) is 3.30. The smallest absolute Gasteiger partial charge is 0.280 e. The van der Waals surface area contributed by atoms with Gasteiger partial charge in [0, 0.05) is 0 Å². The summed E-state index contributed by atoms with van der Waals surface area (Å²) in [7, 11) is 0. The Morgan fingerprint density at radius 2 is 1.88 bits per heavy atom. The minimum Gasteiger partial charge on any atom is -0.481 e. The van der Waals surface area contributed by atoms with Crippen LogP contribution in [0.4, 0.5) is 0 Å². The summed E-state index contributed by atoms with van der Waals surface area (Å²) in [5.74, 6) is 0.166. The molecule has 0 aliphatic heterocycles. The first kappa shape index (κ1) is 18.0. The first-order chi connectivity index (χ1) is 12.1. The fourth-order valence-corrected chi connectivity index (χ4v) is 2.00. The minimum atomic E-state index is -0.705. The molecule has 1 amide bonds. The Kier molecular flexibility index (Phi) is 6.49. The van der Waals surface area contributed by atoms with E-state index in [1.807, 2.05) is 49.4 Å². The van der Waals surface area contributed by atoms with Gasteiger partial charge >= 0.3 is 0 Å². The van der Waals surface area contributed by atoms with E-state index in [-0.39, 0.29) is 5.91 Å². The van der Waals surface area contributed by atoms with Crippen LogP contribution in [0.3, 0.4) is 0 Å². The van der Waals surface area contributed by atoms with Gasteiger partial charge in [-0.15, -0.1) is 0 Å². The average molecular weight is 333 g/mol. The van der Waals surface area contributed by atoms with Gasteiger partial charge in [0.2, 0.25) is 0 Å². The molecule has 0 fully saturated rings. The van der Waals surface area contributed by atoms with Crippen LogP contribution in [-0.4, -0.2) is 18.2 Å². The lowest BCUT2D eigenvalue weighted by Gasteiger charge is -2.12. The van der Waals surface area contributed by atoms with Gasteiger partial charge in [0.1, 0.15) is 5.75 Å². The average Bonchev–Trinajstić information content (AvgIpc) is 2.63. The predicted molar refractivity (Wildman–Crippen MR) is 98.0 cm³/mol. The molecule has 5 heteroatoms. The molecule has 0 aliphatic rings. The third kappa shape index (κ3) is 5.96. The van der Waals surface area contributed by atoms with E-state index in [0.717, 1.165) is 11.1 Å². The summed E-state index contributed by atoms with van der Waals surface area (Å²) in [6.45, 7) is 3.54. The Bertz CT molecular complexity index is 803. The van der Waals surface area contributed by atoms with Crippen LogP contribution in [-0.2, 0) is 4.79 Å². The van der Waals surface area contributed by atoms with Gasteiger partial charge in [-0.3, -0.25) is 4.79 Å². The number of benzene rings is 2. The molecule has 126 valence electrons. The van der Waals surface area contributed by atoms with Crippen molar-refractivity contribution < 1.29 is 9.53 Å². The van der Waals surface area contributed by atoms with Crippen LogP contribution in [0.25, 0.3) is 6.08 Å². The summed E-state index contributed by atoms with van der Waals surface area (Å²) >= 11 is 0. The number of nitrogens with one attached hydrogen (secondary N) is 1. The van der Waals surface area contributed by atoms with Crippen molar-refractivity contribution in [1.29, 1.82) is 5.26 Å².